The number of carboxylic acids is 1. The molecule has 1 amide bonds. The average Bonchev–Trinajstić information content (AvgIpc) is 2.71. The molecule has 3 N–H and O–H groups in total. The fraction of sp³-hybridized carbons (Fsp3) is 0.300. The molecule has 9 heteroatoms. The summed E-state index contributed by atoms with van der Waals surface area (Å²) in [4.78, 5) is 49.2. The Morgan fingerprint density at radius 1 is 1.14 bits per heavy atom. The second kappa shape index (κ2) is 8.59. The number of hydrogen-bond acceptors (Lipinski definition) is 5. The van der Waals surface area contributed by atoms with Crippen molar-refractivity contribution in [1.82, 2.24) is 14.5 Å². The van der Waals surface area contributed by atoms with Crippen LogP contribution in [0.15, 0.2) is 51.6 Å². The monoisotopic (exact) mass is 399 g/mol. The van der Waals surface area contributed by atoms with Crippen LogP contribution in [0.5, 0.6) is 5.88 Å². The number of rotatable bonds is 6. The van der Waals surface area contributed by atoms with Crippen LogP contribution in [0.4, 0.5) is 0 Å². The number of allylic oxidation sites excluding steroid dienone is 8. The fourth-order valence-corrected chi connectivity index (χ4v) is 3.21. The highest BCUT2D eigenvalue weighted by Crippen LogP contribution is 2.21. The molecule has 2 aliphatic rings. The van der Waals surface area contributed by atoms with E-state index >= 15 is 0 Å². The molecule has 0 aromatic carbocycles. The van der Waals surface area contributed by atoms with Crippen molar-refractivity contribution in [3.8, 4) is 5.88 Å². The summed E-state index contributed by atoms with van der Waals surface area (Å²) in [6.07, 6.45) is 13.6. The van der Waals surface area contributed by atoms with Crippen molar-refractivity contribution in [3.63, 3.8) is 0 Å². The Kier molecular flexibility index (Phi) is 5.96. The van der Waals surface area contributed by atoms with E-state index in [1.54, 1.807) is 18.2 Å². The van der Waals surface area contributed by atoms with Gasteiger partial charge in [0.2, 0.25) is 5.88 Å². The molecule has 0 aliphatic heterocycles. The lowest BCUT2D eigenvalue weighted by atomic mass is 10.1. The lowest BCUT2D eigenvalue weighted by Gasteiger charge is -2.18. The van der Waals surface area contributed by atoms with Crippen molar-refractivity contribution in [2.24, 2.45) is 0 Å². The topological polar surface area (TPSA) is 131 Å². The van der Waals surface area contributed by atoms with Gasteiger partial charge in [0.05, 0.1) is 6.54 Å². The smallest absolute Gasteiger partial charge is 0.338 e. The van der Waals surface area contributed by atoms with Crippen molar-refractivity contribution < 1.29 is 19.8 Å². The maximum Gasteiger partial charge on any atom is 0.338 e. The van der Waals surface area contributed by atoms with Crippen LogP contribution in [-0.2, 0) is 11.3 Å². The number of nitrogens with one attached hydrogen (secondary N) is 1. The summed E-state index contributed by atoms with van der Waals surface area (Å²) in [5.41, 5.74) is -1.23. The van der Waals surface area contributed by atoms with Gasteiger partial charge in [0, 0.05) is 5.70 Å². The molecule has 0 radical (unpaired) electrons. The number of carboxylic acid groups (broad SMARTS) is 1. The van der Waals surface area contributed by atoms with Crippen LogP contribution in [0.2, 0.25) is 0 Å². The number of amides is 1. The van der Waals surface area contributed by atoms with Gasteiger partial charge in [-0.05, 0) is 37.3 Å². The summed E-state index contributed by atoms with van der Waals surface area (Å²) in [6, 6.07) is 0. The van der Waals surface area contributed by atoms with Crippen LogP contribution >= 0.6 is 0 Å². The molecule has 29 heavy (non-hydrogen) atoms. The zero-order valence-electron chi connectivity index (χ0n) is 15.6. The standard InChI is InChI=1S/C20H21N3O6/c24-15(25)11-21-17(26)16-18(27)22(12-13-7-3-1-4-8-13)20(29)23(19(16)28)14-9-5-2-6-10-14/h1,3,5,7,9-10,28H,2,4,6,8,11-12H2,(H,21,26)(H,24,25). The molecule has 0 fully saturated rings. The van der Waals surface area contributed by atoms with E-state index in [4.69, 9.17) is 5.11 Å². The van der Waals surface area contributed by atoms with E-state index in [1.807, 2.05) is 18.2 Å². The van der Waals surface area contributed by atoms with E-state index in [-0.39, 0.29) is 6.54 Å². The number of aliphatic carboxylic acids is 1. The van der Waals surface area contributed by atoms with Gasteiger partial charge < -0.3 is 15.5 Å². The minimum absolute atomic E-state index is 0.0293. The van der Waals surface area contributed by atoms with Crippen molar-refractivity contribution in [3.05, 3.63) is 68.4 Å². The van der Waals surface area contributed by atoms with Gasteiger partial charge in [-0.25, -0.2) is 9.36 Å². The quantitative estimate of drug-likeness (QED) is 0.654. The SMILES string of the molecule is O=C(O)CNC(=O)c1c(O)n(C2=CCCC=C2)c(=O)n(CC2=CC=CCC2)c1=O. The summed E-state index contributed by atoms with van der Waals surface area (Å²) >= 11 is 0. The van der Waals surface area contributed by atoms with Crippen molar-refractivity contribution >= 4 is 17.6 Å². The molecule has 0 saturated heterocycles. The second-order valence-corrected chi connectivity index (χ2v) is 6.68. The van der Waals surface area contributed by atoms with Crippen LogP contribution in [-0.4, -0.2) is 37.8 Å². The molecule has 1 heterocycles. The molecule has 2 aliphatic carbocycles. The van der Waals surface area contributed by atoms with Gasteiger partial charge in [0.1, 0.15) is 6.54 Å². The van der Waals surface area contributed by atoms with E-state index in [2.05, 4.69) is 5.32 Å². The molecular weight excluding hydrogens is 378 g/mol. The minimum atomic E-state index is -1.30. The van der Waals surface area contributed by atoms with Gasteiger partial charge in [-0.2, -0.15) is 0 Å². The van der Waals surface area contributed by atoms with Crippen LogP contribution in [0.25, 0.3) is 5.70 Å². The Morgan fingerprint density at radius 3 is 2.55 bits per heavy atom. The highest BCUT2D eigenvalue weighted by molar-refractivity contribution is 5.97. The van der Waals surface area contributed by atoms with Gasteiger partial charge in [-0.15, -0.1) is 0 Å². The molecule has 9 nitrogen and oxygen atoms in total. The first kappa shape index (κ1) is 20.1. The fourth-order valence-electron chi connectivity index (χ4n) is 3.21. The Hall–Kier alpha value is -3.62. The Balaban J connectivity index is 2.17. The summed E-state index contributed by atoms with van der Waals surface area (Å²) in [6.45, 7) is -0.756. The molecule has 1 aromatic rings. The number of hydrogen-bond donors (Lipinski definition) is 3. The molecular formula is C20H21N3O6. The zero-order valence-corrected chi connectivity index (χ0v) is 15.6. The summed E-state index contributed by atoms with van der Waals surface area (Å²) in [7, 11) is 0. The van der Waals surface area contributed by atoms with Gasteiger partial charge in [-0.1, -0.05) is 30.4 Å². The molecule has 0 saturated carbocycles. The maximum atomic E-state index is 13.0. The Labute approximate surface area is 165 Å². The van der Waals surface area contributed by atoms with Crippen LogP contribution in [0.3, 0.4) is 0 Å². The van der Waals surface area contributed by atoms with E-state index in [1.165, 1.54) is 0 Å². The summed E-state index contributed by atoms with van der Waals surface area (Å²) in [5.74, 6) is -3.17. The lowest BCUT2D eigenvalue weighted by molar-refractivity contribution is -0.135. The highest BCUT2D eigenvalue weighted by atomic mass is 16.4. The van der Waals surface area contributed by atoms with E-state index in [0.717, 1.165) is 27.5 Å². The molecule has 0 bridgehead atoms. The zero-order chi connectivity index (χ0) is 21.0. The van der Waals surface area contributed by atoms with Crippen LogP contribution < -0.4 is 16.6 Å². The third-order valence-corrected chi connectivity index (χ3v) is 4.64. The number of aromatic nitrogens is 2. The third kappa shape index (κ3) is 4.29. The maximum absolute atomic E-state index is 13.0. The molecule has 0 unspecified atom stereocenters. The van der Waals surface area contributed by atoms with E-state index in [0.29, 0.717) is 18.5 Å². The largest absolute Gasteiger partial charge is 0.493 e. The predicted molar refractivity (Wildman–Crippen MR) is 106 cm³/mol. The lowest BCUT2D eigenvalue weighted by Crippen LogP contribution is -2.45. The molecule has 0 atom stereocenters. The second-order valence-electron chi connectivity index (χ2n) is 6.68. The number of nitrogens with zero attached hydrogens (tertiary/aromatic N) is 2. The van der Waals surface area contributed by atoms with Crippen molar-refractivity contribution in [1.29, 1.82) is 0 Å². The van der Waals surface area contributed by atoms with Gasteiger partial charge >= 0.3 is 11.7 Å². The summed E-state index contributed by atoms with van der Waals surface area (Å²) < 4.78 is 1.80. The first-order valence-electron chi connectivity index (χ1n) is 9.20. The van der Waals surface area contributed by atoms with E-state index in [9.17, 15) is 24.3 Å². The number of carbonyl (C=O) groups excluding carboxylic acids is 1. The Morgan fingerprint density at radius 2 is 1.93 bits per heavy atom. The van der Waals surface area contributed by atoms with E-state index < -0.39 is 41.1 Å². The van der Waals surface area contributed by atoms with Gasteiger partial charge in [0.25, 0.3) is 11.5 Å². The number of aromatic hydroxyl groups is 1. The Bertz CT molecular complexity index is 1080. The first-order valence-corrected chi connectivity index (χ1v) is 9.20. The highest BCUT2D eigenvalue weighted by Gasteiger charge is 2.26. The molecule has 1 aromatic heterocycles. The third-order valence-electron chi connectivity index (χ3n) is 4.64. The number of carbonyl (C=O) groups is 2. The predicted octanol–water partition coefficient (Wildman–Crippen LogP) is 0.997. The van der Waals surface area contributed by atoms with Crippen molar-refractivity contribution in [2.45, 2.75) is 32.2 Å². The summed E-state index contributed by atoms with van der Waals surface area (Å²) in [5, 5.41) is 21.5. The van der Waals surface area contributed by atoms with Gasteiger partial charge in [-0.3, -0.25) is 19.0 Å². The first-order chi connectivity index (χ1) is 13.9. The minimum Gasteiger partial charge on any atom is -0.493 e. The van der Waals surface area contributed by atoms with Crippen molar-refractivity contribution in [2.75, 3.05) is 6.54 Å². The molecule has 0 spiro atoms. The average molecular weight is 399 g/mol. The molecule has 3 rings (SSSR count). The van der Waals surface area contributed by atoms with Crippen LogP contribution in [0.1, 0.15) is 36.0 Å². The van der Waals surface area contributed by atoms with Crippen LogP contribution in [0, 0.1) is 0 Å². The molecule has 152 valence electrons. The van der Waals surface area contributed by atoms with Gasteiger partial charge in [0.15, 0.2) is 5.56 Å². The normalized spacial score (nSPS) is 15.6.